The topological polar surface area (TPSA) is 96.3 Å². The highest BCUT2D eigenvalue weighted by molar-refractivity contribution is 5.96. The number of rotatable bonds is 4. The van der Waals surface area contributed by atoms with E-state index in [9.17, 15) is 14.4 Å². The highest BCUT2D eigenvalue weighted by Gasteiger charge is 2.35. The SMILES string of the molecule is COC(=O)c1ccc([C@@H]2CN(C(=O)OC(C)(C)C)CCC[C@H]2Oc2c(C)cc(C)c3c2ccn3C(=O)OC(C)(C)C)cc1. The quantitative estimate of drug-likeness (QED) is 0.230. The number of nitrogens with zero attached hydrogens (tertiary/aromatic N) is 2. The summed E-state index contributed by atoms with van der Waals surface area (Å²) in [6.45, 7) is 16.0. The first-order valence-corrected chi connectivity index (χ1v) is 14.8. The van der Waals surface area contributed by atoms with Crippen LogP contribution in [0.15, 0.2) is 42.6 Å². The molecule has 1 aliphatic rings. The first kappa shape index (κ1) is 31.9. The zero-order chi connectivity index (χ0) is 31.7. The number of carbonyl (C=O) groups excluding carboxylic acids is 3. The van der Waals surface area contributed by atoms with Crippen molar-refractivity contribution in [1.82, 2.24) is 9.47 Å². The molecule has 0 bridgehead atoms. The summed E-state index contributed by atoms with van der Waals surface area (Å²) in [6.07, 6.45) is 2.00. The van der Waals surface area contributed by atoms with Crippen LogP contribution < -0.4 is 4.74 Å². The van der Waals surface area contributed by atoms with E-state index in [1.165, 1.54) is 11.7 Å². The third kappa shape index (κ3) is 7.50. The number of aryl methyl sites for hydroxylation is 2. The summed E-state index contributed by atoms with van der Waals surface area (Å²) in [6, 6.07) is 11.2. The highest BCUT2D eigenvalue weighted by Crippen LogP contribution is 2.38. The Hall–Kier alpha value is -4.01. The van der Waals surface area contributed by atoms with E-state index in [-0.39, 0.29) is 18.1 Å². The lowest BCUT2D eigenvalue weighted by molar-refractivity contribution is 0.0238. The van der Waals surface area contributed by atoms with E-state index in [1.54, 1.807) is 23.2 Å². The van der Waals surface area contributed by atoms with E-state index < -0.39 is 23.3 Å². The van der Waals surface area contributed by atoms with Gasteiger partial charge in [-0.15, -0.1) is 0 Å². The van der Waals surface area contributed by atoms with Crippen LogP contribution in [0.5, 0.6) is 5.75 Å². The number of ether oxygens (including phenoxy) is 4. The van der Waals surface area contributed by atoms with Gasteiger partial charge in [-0.3, -0.25) is 4.57 Å². The number of fused-ring (bicyclic) bond motifs is 1. The van der Waals surface area contributed by atoms with Gasteiger partial charge in [0, 0.05) is 30.6 Å². The Morgan fingerprint density at radius 3 is 2.09 bits per heavy atom. The number of likely N-dealkylation sites (tertiary alicyclic amines) is 1. The number of esters is 1. The summed E-state index contributed by atoms with van der Waals surface area (Å²) in [7, 11) is 1.35. The first-order chi connectivity index (χ1) is 20.1. The van der Waals surface area contributed by atoms with Crippen molar-refractivity contribution in [1.29, 1.82) is 0 Å². The van der Waals surface area contributed by atoms with Crippen molar-refractivity contribution in [2.75, 3.05) is 20.2 Å². The van der Waals surface area contributed by atoms with Crippen LogP contribution >= 0.6 is 0 Å². The predicted octanol–water partition coefficient (Wildman–Crippen LogP) is 7.39. The minimum Gasteiger partial charge on any atom is -0.489 e. The van der Waals surface area contributed by atoms with Crippen molar-refractivity contribution in [2.45, 2.75) is 91.5 Å². The molecule has 1 saturated heterocycles. The normalized spacial score (nSPS) is 17.7. The lowest BCUT2D eigenvalue weighted by Gasteiger charge is -2.31. The molecule has 2 aromatic carbocycles. The van der Waals surface area contributed by atoms with Crippen LogP contribution in [-0.2, 0) is 14.2 Å². The van der Waals surface area contributed by atoms with Gasteiger partial charge in [0.1, 0.15) is 23.1 Å². The summed E-state index contributed by atoms with van der Waals surface area (Å²) in [5, 5.41) is 0.816. The van der Waals surface area contributed by atoms with E-state index >= 15 is 0 Å². The van der Waals surface area contributed by atoms with Crippen LogP contribution in [0.25, 0.3) is 10.9 Å². The van der Waals surface area contributed by atoms with Crippen molar-refractivity contribution < 1.29 is 33.3 Å². The number of amides is 1. The van der Waals surface area contributed by atoms with Gasteiger partial charge in [-0.05, 0) is 103 Å². The number of aromatic nitrogens is 1. The second kappa shape index (κ2) is 12.3. The van der Waals surface area contributed by atoms with Gasteiger partial charge < -0.3 is 23.8 Å². The molecular formula is C34H44N2O7. The molecule has 2 atom stereocenters. The fourth-order valence-electron chi connectivity index (χ4n) is 5.53. The van der Waals surface area contributed by atoms with Gasteiger partial charge in [0.25, 0.3) is 0 Å². The molecule has 0 unspecified atom stereocenters. The maximum absolute atomic E-state index is 13.2. The average Bonchev–Trinajstić information content (AvgIpc) is 3.25. The molecule has 4 rings (SSSR count). The zero-order valence-corrected chi connectivity index (χ0v) is 26.8. The standard InChI is InChI=1S/C34H44N2O7/c1-21-19-22(2)29(25-16-18-36(28(21)25)32(39)43-34(6,7)8)41-27-11-10-17-35(31(38)42-33(3,4)5)20-26(27)23-12-14-24(15-13-23)30(37)40-9/h12-16,18-19,26-27H,10-11,17,20H2,1-9H3/t26-,27+/m0/s1. The third-order valence-electron chi connectivity index (χ3n) is 7.35. The molecule has 3 aromatic rings. The summed E-state index contributed by atoms with van der Waals surface area (Å²) < 4.78 is 24.7. The highest BCUT2D eigenvalue weighted by atomic mass is 16.6. The molecule has 0 spiro atoms. The molecule has 43 heavy (non-hydrogen) atoms. The monoisotopic (exact) mass is 592 g/mol. The molecule has 0 saturated carbocycles. The number of hydrogen-bond donors (Lipinski definition) is 0. The smallest absolute Gasteiger partial charge is 0.419 e. The molecule has 1 amide bonds. The van der Waals surface area contributed by atoms with Crippen LogP contribution in [0.2, 0.25) is 0 Å². The molecule has 2 heterocycles. The molecule has 0 N–H and O–H groups in total. The number of benzene rings is 2. The maximum Gasteiger partial charge on any atom is 0.419 e. The largest absolute Gasteiger partial charge is 0.489 e. The lowest BCUT2D eigenvalue weighted by Crippen LogP contribution is -2.40. The van der Waals surface area contributed by atoms with Crippen LogP contribution in [0.3, 0.4) is 0 Å². The van der Waals surface area contributed by atoms with Gasteiger partial charge in [-0.2, -0.15) is 0 Å². The van der Waals surface area contributed by atoms with Gasteiger partial charge in [-0.1, -0.05) is 18.2 Å². The summed E-state index contributed by atoms with van der Waals surface area (Å²) in [4.78, 5) is 40.1. The summed E-state index contributed by atoms with van der Waals surface area (Å²) in [5.74, 6) is 0.0583. The van der Waals surface area contributed by atoms with Crippen LogP contribution in [0.1, 0.15) is 87.4 Å². The Morgan fingerprint density at radius 2 is 1.49 bits per heavy atom. The van der Waals surface area contributed by atoms with E-state index in [4.69, 9.17) is 18.9 Å². The Bertz CT molecular complexity index is 1490. The van der Waals surface area contributed by atoms with Crippen molar-refractivity contribution in [3.8, 4) is 5.75 Å². The molecule has 0 radical (unpaired) electrons. The van der Waals surface area contributed by atoms with Gasteiger partial charge >= 0.3 is 18.2 Å². The molecule has 1 fully saturated rings. The lowest BCUT2D eigenvalue weighted by atomic mass is 9.90. The fraction of sp³-hybridized carbons (Fsp3) is 0.500. The summed E-state index contributed by atoms with van der Waals surface area (Å²) in [5.41, 5.74) is 2.73. The van der Waals surface area contributed by atoms with Gasteiger partial charge in [-0.25, -0.2) is 14.4 Å². The van der Waals surface area contributed by atoms with E-state index in [0.717, 1.165) is 27.6 Å². The molecule has 232 valence electrons. The second-order valence-electron chi connectivity index (χ2n) is 13.2. The molecular weight excluding hydrogens is 548 g/mol. The second-order valence-corrected chi connectivity index (χ2v) is 13.2. The minimum absolute atomic E-state index is 0.217. The number of methoxy groups -OCH3 is 1. The minimum atomic E-state index is -0.636. The number of carbonyl (C=O) groups is 3. The van der Waals surface area contributed by atoms with Crippen LogP contribution in [0.4, 0.5) is 9.59 Å². The van der Waals surface area contributed by atoms with Crippen molar-refractivity contribution in [2.24, 2.45) is 0 Å². The van der Waals surface area contributed by atoms with Crippen molar-refractivity contribution in [3.63, 3.8) is 0 Å². The van der Waals surface area contributed by atoms with E-state index in [2.05, 4.69) is 0 Å². The average molecular weight is 593 g/mol. The van der Waals surface area contributed by atoms with Crippen LogP contribution in [-0.4, -0.2) is 65.1 Å². The Balaban J connectivity index is 1.74. The molecule has 9 heteroatoms. The van der Waals surface area contributed by atoms with Gasteiger partial charge in [0.2, 0.25) is 0 Å². The van der Waals surface area contributed by atoms with E-state index in [1.807, 2.05) is 79.7 Å². The molecule has 1 aliphatic heterocycles. The van der Waals surface area contributed by atoms with E-state index in [0.29, 0.717) is 37.2 Å². The van der Waals surface area contributed by atoms with Gasteiger partial charge in [0.15, 0.2) is 0 Å². The first-order valence-electron chi connectivity index (χ1n) is 14.8. The predicted molar refractivity (Wildman–Crippen MR) is 165 cm³/mol. The number of hydrogen-bond acceptors (Lipinski definition) is 7. The zero-order valence-electron chi connectivity index (χ0n) is 26.8. The van der Waals surface area contributed by atoms with Crippen LogP contribution in [0, 0.1) is 13.8 Å². The molecule has 1 aromatic heterocycles. The van der Waals surface area contributed by atoms with Crippen molar-refractivity contribution >= 4 is 29.1 Å². The van der Waals surface area contributed by atoms with Gasteiger partial charge in [0.05, 0.1) is 18.2 Å². The van der Waals surface area contributed by atoms with Crippen molar-refractivity contribution in [3.05, 3.63) is 64.8 Å². The Kier molecular flexibility index (Phi) is 9.13. The molecule has 0 aliphatic carbocycles. The summed E-state index contributed by atoms with van der Waals surface area (Å²) >= 11 is 0. The Morgan fingerprint density at radius 1 is 0.860 bits per heavy atom. The fourth-order valence-corrected chi connectivity index (χ4v) is 5.53. The maximum atomic E-state index is 13.2. The third-order valence-corrected chi connectivity index (χ3v) is 7.35. The molecule has 9 nitrogen and oxygen atoms in total. The Labute approximate surface area is 254 Å².